The number of aliphatic carboxylic acids is 1. The van der Waals surface area contributed by atoms with E-state index < -0.39 is 18.1 Å². The molecule has 4 rings (SSSR count). The van der Waals surface area contributed by atoms with E-state index in [9.17, 15) is 14.7 Å². The van der Waals surface area contributed by atoms with Crippen LogP contribution >= 0.6 is 0 Å². The number of hydrogen-bond donors (Lipinski definition) is 1. The second-order valence-electron chi connectivity index (χ2n) is 6.90. The molecular formula is C21H21NO5. The van der Waals surface area contributed by atoms with Gasteiger partial charge in [-0.3, -0.25) is 4.90 Å². The number of carboxylic acid groups (broad SMARTS) is 1. The molecule has 6 heteroatoms. The summed E-state index contributed by atoms with van der Waals surface area (Å²) in [5.41, 5.74) is 4.55. The van der Waals surface area contributed by atoms with Crippen molar-refractivity contribution in [3.8, 4) is 11.1 Å². The number of carbonyl (C=O) groups is 2. The van der Waals surface area contributed by atoms with Crippen molar-refractivity contribution in [2.45, 2.75) is 24.5 Å². The third kappa shape index (κ3) is 3.06. The Morgan fingerprint density at radius 2 is 1.67 bits per heavy atom. The summed E-state index contributed by atoms with van der Waals surface area (Å²) in [7, 11) is 1.52. The van der Waals surface area contributed by atoms with Crippen molar-refractivity contribution in [2.24, 2.45) is 0 Å². The quantitative estimate of drug-likeness (QED) is 0.899. The molecule has 6 nitrogen and oxygen atoms in total. The highest BCUT2D eigenvalue weighted by molar-refractivity contribution is 5.81. The number of hydrogen-bond acceptors (Lipinski definition) is 4. The van der Waals surface area contributed by atoms with E-state index in [0.29, 0.717) is 0 Å². The molecule has 0 saturated carbocycles. The fraction of sp³-hybridized carbons (Fsp3) is 0.333. The van der Waals surface area contributed by atoms with Crippen LogP contribution in [0.2, 0.25) is 0 Å². The number of nitrogens with zero attached hydrogens (tertiary/aromatic N) is 1. The molecule has 0 aromatic heterocycles. The van der Waals surface area contributed by atoms with Crippen molar-refractivity contribution in [1.82, 2.24) is 4.90 Å². The molecule has 2 aromatic rings. The summed E-state index contributed by atoms with van der Waals surface area (Å²) in [5, 5.41) is 9.38. The molecule has 1 heterocycles. The lowest BCUT2D eigenvalue weighted by atomic mass is 9.98. The molecular weight excluding hydrogens is 346 g/mol. The van der Waals surface area contributed by atoms with Gasteiger partial charge in [-0.25, -0.2) is 9.59 Å². The van der Waals surface area contributed by atoms with E-state index in [2.05, 4.69) is 12.1 Å². The number of carbonyl (C=O) groups excluding carboxylic acids is 1. The maximum absolute atomic E-state index is 12.6. The minimum atomic E-state index is -1.04. The van der Waals surface area contributed by atoms with Gasteiger partial charge in [-0.2, -0.15) is 0 Å². The van der Waals surface area contributed by atoms with Gasteiger partial charge in [0.2, 0.25) is 0 Å². The molecule has 1 saturated heterocycles. The van der Waals surface area contributed by atoms with E-state index in [1.54, 1.807) is 0 Å². The van der Waals surface area contributed by atoms with Crippen molar-refractivity contribution in [2.75, 3.05) is 20.3 Å². The molecule has 1 aliphatic carbocycles. The molecule has 2 aliphatic rings. The average Bonchev–Trinajstić information content (AvgIpc) is 3.26. The minimum absolute atomic E-state index is 0.0505. The summed E-state index contributed by atoms with van der Waals surface area (Å²) >= 11 is 0. The normalized spacial score (nSPS) is 21.0. The topological polar surface area (TPSA) is 76.1 Å². The standard InChI is InChI=1S/C21H21NO5/c1-26-13-10-19(20(23)24)22(11-13)21(25)27-12-18-16-8-4-2-6-14(16)15-7-3-5-9-17(15)18/h2-9,13,18-19H,10-12H2,1H3,(H,23,24)/t13?,19-/m0/s1. The van der Waals surface area contributed by atoms with E-state index >= 15 is 0 Å². The first kappa shape index (κ1) is 17.5. The van der Waals surface area contributed by atoms with Crippen molar-refractivity contribution in [1.29, 1.82) is 0 Å². The molecule has 1 amide bonds. The van der Waals surface area contributed by atoms with Gasteiger partial charge in [-0.05, 0) is 22.3 Å². The van der Waals surface area contributed by atoms with Crippen molar-refractivity contribution >= 4 is 12.1 Å². The molecule has 0 radical (unpaired) electrons. The predicted octanol–water partition coefficient (Wildman–Crippen LogP) is 3.11. The number of benzene rings is 2. The second-order valence-corrected chi connectivity index (χ2v) is 6.90. The van der Waals surface area contributed by atoms with E-state index in [4.69, 9.17) is 9.47 Å². The largest absolute Gasteiger partial charge is 0.480 e. The summed E-state index contributed by atoms with van der Waals surface area (Å²) in [6, 6.07) is 15.3. The number of fused-ring (bicyclic) bond motifs is 3. The molecule has 1 unspecified atom stereocenters. The lowest BCUT2D eigenvalue weighted by Crippen LogP contribution is -2.41. The van der Waals surface area contributed by atoms with Gasteiger partial charge in [0.15, 0.2) is 0 Å². The van der Waals surface area contributed by atoms with Crippen molar-refractivity contribution in [3.63, 3.8) is 0 Å². The number of ether oxygens (including phenoxy) is 2. The Balaban J connectivity index is 1.52. The number of carboxylic acids is 1. The molecule has 1 fully saturated rings. The van der Waals surface area contributed by atoms with Crippen LogP contribution in [0.5, 0.6) is 0 Å². The lowest BCUT2D eigenvalue weighted by Gasteiger charge is -2.22. The first-order valence-corrected chi connectivity index (χ1v) is 8.97. The maximum Gasteiger partial charge on any atom is 0.410 e. The van der Waals surface area contributed by atoms with E-state index in [1.165, 1.54) is 12.0 Å². The van der Waals surface area contributed by atoms with Crippen LogP contribution in [0.4, 0.5) is 4.79 Å². The molecule has 1 aliphatic heterocycles. The first-order chi connectivity index (χ1) is 13.1. The van der Waals surface area contributed by atoms with E-state index in [1.807, 2.05) is 36.4 Å². The molecule has 1 N–H and O–H groups in total. The van der Waals surface area contributed by atoms with E-state index in [0.717, 1.165) is 22.3 Å². The Bertz CT molecular complexity index is 835. The van der Waals surface area contributed by atoms with Crippen LogP contribution < -0.4 is 0 Å². The molecule has 2 aromatic carbocycles. The molecule has 2 atom stereocenters. The fourth-order valence-corrected chi connectivity index (χ4v) is 4.08. The number of rotatable bonds is 4. The monoisotopic (exact) mass is 367 g/mol. The number of methoxy groups -OCH3 is 1. The second kappa shape index (κ2) is 7.04. The zero-order valence-electron chi connectivity index (χ0n) is 15.0. The van der Waals surface area contributed by atoms with Crippen LogP contribution in [0.1, 0.15) is 23.5 Å². The Hall–Kier alpha value is -2.86. The van der Waals surface area contributed by atoms with Gasteiger partial charge in [0.05, 0.1) is 12.6 Å². The first-order valence-electron chi connectivity index (χ1n) is 8.97. The minimum Gasteiger partial charge on any atom is -0.480 e. The average molecular weight is 367 g/mol. The Kier molecular flexibility index (Phi) is 4.58. The van der Waals surface area contributed by atoms with Gasteiger partial charge in [0.25, 0.3) is 0 Å². The summed E-state index contributed by atoms with van der Waals surface area (Å²) < 4.78 is 10.8. The molecule has 27 heavy (non-hydrogen) atoms. The van der Waals surface area contributed by atoms with Crippen LogP contribution in [0.25, 0.3) is 11.1 Å². The Labute approximate surface area is 157 Å². The van der Waals surface area contributed by atoms with Crippen molar-refractivity contribution in [3.05, 3.63) is 59.7 Å². The van der Waals surface area contributed by atoms with Gasteiger partial charge in [0, 0.05) is 19.4 Å². The van der Waals surface area contributed by atoms with Gasteiger partial charge in [0.1, 0.15) is 12.6 Å². The van der Waals surface area contributed by atoms with Gasteiger partial charge in [-0.15, -0.1) is 0 Å². The fourth-order valence-electron chi connectivity index (χ4n) is 4.08. The Morgan fingerprint density at radius 3 is 2.22 bits per heavy atom. The number of likely N-dealkylation sites (tertiary alicyclic amines) is 1. The zero-order chi connectivity index (χ0) is 19.0. The third-order valence-corrected chi connectivity index (χ3v) is 5.45. The van der Waals surface area contributed by atoms with Gasteiger partial charge < -0.3 is 14.6 Å². The highest BCUT2D eigenvalue weighted by Gasteiger charge is 2.41. The highest BCUT2D eigenvalue weighted by Crippen LogP contribution is 2.44. The lowest BCUT2D eigenvalue weighted by molar-refractivity contribution is -0.141. The van der Waals surface area contributed by atoms with Crippen LogP contribution in [-0.4, -0.2) is 54.5 Å². The molecule has 0 spiro atoms. The van der Waals surface area contributed by atoms with E-state index in [-0.39, 0.29) is 31.6 Å². The summed E-state index contributed by atoms with van der Waals surface area (Å²) in [6.45, 7) is 0.400. The van der Waals surface area contributed by atoms with Gasteiger partial charge >= 0.3 is 12.1 Å². The van der Waals surface area contributed by atoms with Crippen molar-refractivity contribution < 1.29 is 24.2 Å². The summed E-state index contributed by atoms with van der Waals surface area (Å²) in [4.78, 5) is 25.3. The summed E-state index contributed by atoms with van der Waals surface area (Å²) in [5.74, 6) is -1.09. The third-order valence-electron chi connectivity index (χ3n) is 5.45. The smallest absolute Gasteiger partial charge is 0.410 e. The van der Waals surface area contributed by atoms with Crippen LogP contribution in [0, 0.1) is 0 Å². The predicted molar refractivity (Wildman–Crippen MR) is 98.6 cm³/mol. The highest BCUT2D eigenvalue weighted by atomic mass is 16.6. The van der Waals surface area contributed by atoms with Crippen LogP contribution in [0.3, 0.4) is 0 Å². The number of amides is 1. The molecule has 0 bridgehead atoms. The Morgan fingerprint density at radius 1 is 1.07 bits per heavy atom. The summed E-state index contributed by atoms with van der Waals surface area (Å²) in [6.07, 6.45) is -0.619. The maximum atomic E-state index is 12.6. The molecule has 140 valence electrons. The van der Waals surface area contributed by atoms with Crippen LogP contribution in [0.15, 0.2) is 48.5 Å². The SMILES string of the molecule is COC1C[C@@H](C(=O)O)N(C(=O)OCC2c3ccccc3-c3ccccc32)C1. The van der Waals surface area contributed by atoms with Crippen LogP contribution in [-0.2, 0) is 14.3 Å². The van der Waals surface area contributed by atoms with Gasteiger partial charge in [-0.1, -0.05) is 48.5 Å². The zero-order valence-corrected chi connectivity index (χ0v) is 15.0.